The molecule has 0 saturated carbocycles. The maximum absolute atomic E-state index is 8.64. The number of hydrogen-bond donors (Lipinski definition) is 1. The zero-order valence-corrected chi connectivity index (χ0v) is 9.39. The molecule has 3 heteroatoms. The molecule has 0 radical (unpaired) electrons. The van der Waals surface area contributed by atoms with E-state index in [1.165, 1.54) is 5.56 Å². The molecule has 0 bridgehead atoms. The molecule has 3 nitrogen and oxygen atoms in total. The second-order valence-electron chi connectivity index (χ2n) is 4.04. The Balaban J connectivity index is 1.94. The molecule has 1 aliphatic rings. The lowest BCUT2D eigenvalue weighted by atomic mass is 10.1. The normalized spacial score (nSPS) is 19.7. The number of benzene rings is 1. The zero-order chi connectivity index (χ0) is 11.2. The van der Waals surface area contributed by atoms with Gasteiger partial charge in [0.1, 0.15) is 11.9 Å². The van der Waals surface area contributed by atoms with Gasteiger partial charge in [-0.3, -0.25) is 0 Å². The summed E-state index contributed by atoms with van der Waals surface area (Å²) in [5, 5.41) is 8.64. The molecule has 2 rings (SSSR count). The molecule has 0 fully saturated rings. The van der Waals surface area contributed by atoms with Gasteiger partial charge < -0.3 is 14.6 Å². The van der Waals surface area contributed by atoms with Crippen molar-refractivity contribution in [2.45, 2.75) is 25.4 Å². The molecular weight excluding hydrogens is 204 g/mol. The van der Waals surface area contributed by atoms with Gasteiger partial charge in [0.2, 0.25) is 0 Å². The van der Waals surface area contributed by atoms with Crippen molar-refractivity contribution in [1.29, 1.82) is 0 Å². The Bertz CT molecular complexity index is 325. The standard InChI is InChI=1S/C13H18O3/c14-8-9-15-10-12-6-3-5-11-4-1-2-7-13(11)16-12/h1-2,4,7,12,14H,3,5-6,8-10H2. The van der Waals surface area contributed by atoms with Crippen molar-refractivity contribution in [1.82, 2.24) is 0 Å². The highest BCUT2D eigenvalue weighted by Gasteiger charge is 2.17. The summed E-state index contributed by atoms with van der Waals surface area (Å²) in [5.41, 5.74) is 1.28. The topological polar surface area (TPSA) is 38.7 Å². The molecule has 16 heavy (non-hydrogen) atoms. The molecule has 1 aromatic rings. The van der Waals surface area contributed by atoms with E-state index in [0.717, 1.165) is 25.0 Å². The van der Waals surface area contributed by atoms with E-state index in [-0.39, 0.29) is 12.7 Å². The quantitative estimate of drug-likeness (QED) is 0.789. The van der Waals surface area contributed by atoms with E-state index in [2.05, 4.69) is 6.07 Å². The fourth-order valence-corrected chi connectivity index (χ4v) is 1.98. The van der Waals surface area contributed by atoms with Gasteiger partial charge in [0, 0.05) is 0 Å². The van der Waals surface area contributed by atoms with Gasteiger partial charge in [0.15, 0.2) is 0 Å². The number of fused-ring (bicyclic) bond motifs is 1. The fraction of sp³-hybridized carbons (Fsp3) is 0.538. The minimum absolute atomic E-state index is 0.0727. The number of ether oxygens (including phenoxy) is 2. The largest absolute Gasteiger partial charge is 0.488 e. The highest BCUT2D eigenvalue weighted by Crippen LogP contribution is 2.26. The van der Waals surface area contributed by atoms with Crippen LogP contribution in [0.25, 0.3) is 0 Å². The average molecular weight is 222 g/mol. The number of para-hydroxylation sites is 1. The molecule has 0 amide bonds. The summed E-state index contributed by atoms with van der Waals surface area (Å²) in [6, 6.07) is 8.17. The van der Waals surface area contributed by atoms with Crippen molar-refractivity contribution in [3.8, 4) is 5.75 Å². The van der Waals surface area contributed by atoms with Gasteiger partial charge in [-0.2, -0.15) is 0 Å². The Kier molecular flexibility index (Phi) is 4.19. The van der Waals surface area contributed by atoms with Crippen LogP contribution in [0.1, 0.15) is 18.4 Å². The Morgan fingerprint density at radius 1 is 1.38 bits per heavy atom. The Morgan fingerprint density at radius 2 is 2.25 bits per heavy atom. The van der Waals surface area contributed by atoms with Crippen molar-refractivity contribution >= 4 is 0 Å². The van der Waals surface area contributed by atoms with E-state index in [4.69, 9.17) is 14.6 Å². The van der Waals surface area contributed by atoms with Crippen LogP contribution in [0.3, 0.4) is 0 Å². The molecule has 0 saturated heterocycles. The number of aliphatic hydroxyl groups is 1. The lowest BCUT2D eigenvalue weighted by Gasteiger charge is -2.17. The summed E-state index contributed by atoms with van der Waals surface area (Å²) >= 11 is 0. The van der Waals surface area contributed by atoms with Gasteiger partial charge in [0.25, 0.3) is 0 Å². The van der Waals surface area contributed by atoms with Crippen molar-refractivity contribution in [3.05, 3.63) is 29.8 Å². The number of aryl methyl sites for hydroxylation is 1. The second-order valence-corrected chi connectivity index (χ2v) is 4.04. The molecule has 0 aliphatic carbocycles. The summed E-state index contributed by atoms with van der Waals surface area (Å²) in [5.74, 6) is 0.984. The predicted octanol–water partition coefficient (Wildman–Crippen LogP) is 1.78. The van der Waals surface area contributed by atoms with Crippen LogP contribution in [0.2, 0.25) is 0 Å². The zero-order valence-electron chi connectivity index (χ0n) is 9.39. The monoisotopic (exact) mass is 222 g/mol. The lowest BCUT2D eigenvalue weighted by Crippen LogP contribution is -2.23. The van der Waals surface area contributed by atoms with E-state index in [0.29, 0.717) is 13.2 Å². The molecule has 1 N–H and O–H groups in total. The SMILES string of the molecule is OCCOCC1CCCc2ccccc2O1. The van der Waals surface area contributed by atoms with Gasteiger partial charge in [-0.05, 0) is 30.9 Å². The minimum atomic E-state index is 0.0727. The lowest BCUT2D eigenvalue weighted by molar-refractivity contribution is 0.0302. The molecular formula is C13H18O3. The summed E-state index contributed by atoms with van der Waals surface area (Å²) in [4.78, 5) is 0. The van der Waals surface area contributed by atoms with Gasteiger partial charge in [-0.1, -0.05) is 18.2 Å². The molecule has 0 spiro atoms. The third-order valence-electron chi connectivity index (χ3n) is 2.78. The van der Waals surface area contributed by atoms with Crippen LogP contribution in [0.4, 0.5) is 0 Å². The summed E-state index contributed by atoms with van der Waals surface area (Å²) in [7, 11) is 0. The molecule has 1 unspecified atom stereocenters. The third-order valence-corrected chi connectivity index (χ3v) is 2.78. The summed E-state index contributed by atoms with van der Waals surface area (Å²) < 4.78 is 11.2. The molecule has 0 aromatic heterocycles. The molecule has 1 heterocycles. The average Bonchev–Trinajstić information content (AvgIpc) is 2.51. The highest BCUT2D eigenvalue weighted by atomic mass is 16.5. The van der Waals surface area contributed by atoms with Gasteiger partial charge in [-0.25, -0.2) is 0 Å². The first-order valence-corrected chi connectivity index (χ1v) is 5.83. The Hall–Kier alpha value is -1.06. The number of rotatable bonds is 4. The van der Waals surface area contributed by atoms with Crippen LogP contribution in [0, 0.1) is 0 Å². The van der Waals surface area contributed by atoms with Crippen molar-refractivity contribution in [2.24, 2.45) is 0 Å². The van der Waals surface area contributed by atoms with Crippen molar-refractivity contribution < 1.29 is 14.6 Å². The number of aliphatic hydroxyl groups excluding tert-OH is 1. The molecule has 1 atom stereocenters. The van der Waals surface area contributed by atoms with Crippen LogP contribution in [-0.4, -0.2) is 31.0 Å². The first kappa shape index (κ1) is 11.4. The van der Waals surface area contributed by atoms with E-state index in [1.807, 2.05) is 18.2 Å². The van der Waals surface area contributed by atoms with Gasteiger partial charge in [-0.15, -0.1) is 0 Å². The van der Waals surface area contributed by atoms with Crippen molar-refractivity contribution in [2.75, 3.05) is 19.8 Å². The number of hydrogen-bond acceptors (Lipinski definition) is 3. The van der Waals surface area contributed by atoms with E-state index >= 15 is 0 Å². The highest BCUT2D eigenvalue weighted by molar-refractivity contribution is 5.34. The van der Waals surface area contributed by atoms with Crippen LogP contribution in [-0.2, 0) is 11.2 Å². The van der Waals surface area contributed by atoms with Crippen LogP contribution < -0.4 is 4.74 Å². The first-order valence-electron chi connectivity index (χ1n) is 5.83. The van der Waals surface area contributed by atoms with E-state index in [9.17, 15) is 0 Å². The molecule has 1 aliphatic heterocycles. The van der Waals surface area contributed by atoms with E-state index < -0.39 is 0 Å². The summed E-state index contributed by atoms with van der Waals surface area (Å²) in [6.45, 7) is 1.03. The van der Waals surface area contributed by atoms with Crippen LogP contribution in [0.15, 0.2) is 24.3 Å². The Labute approximate surface area is 96.0 Å². The van der Waals surface area contributed by atoms with Crippen LogP contribution >= 0.6 is 0 Å². The predicted molar refractivity (Wildman–Crippen MR) is 61.7 cm³/mol. The Morgan fingerprint density at radius 3 is 3.12 bits per heavy atom. The third kappa shape index (κ3) is 2.97. The second kappa shape index (κ2) is 5.87. The summed E-state index contributed by atoms with van der Waals surface area (Å²) in [6.07, 6.45) is 3.34. The fourth-order valence-electron chi connectivity index (χ4n) is 1.98. The van der Waals surface area contributed by atoms with Crippen LogP contribution in [0.5, 0.6) is 5.75 Å². The van der Waals surface area contributed by atoms with E-state index in [1.54, 1.807) is 0 Å². The van der Waals surface area contributed by atoms with Gasteiger partial charge in [0.05, 0.1) is 19.8 Å². The molecule has 88 valence electrons. The maximum atomic E-state index is 8.64. The molecule has 1 aromatic carbocycles. The maximum Gasteiger partial charge on any atom is 0.123 e. The smallest absolute Gasteiger partial charge is 0.123 e. The van der Waals surface area contributed by atoms with Gasteiger partial charge >= 0.3 is 0 Å². The minimum Gasteiger partial charge on any atom is -0.488 e. The van der Waals surface area contributed by atoms with Crippen molar-refractivity contribution in [3.63, 3.8) is 0 Å². The first-order chi connectivity index (χ1) is 7.90.